The minimum Gasteiger partial charge on any atom is -0.390 e. The van der Waals surface area contributed by atoms with Crippen molar-refractivity contribution in [2.75, 3.05) is 0 Å². The molecule has 0 spiro atoms. The molecule has 0 bridgehead atoms. The molecule has 3 heteroatoms. The average molecular weight is 837 g/mol. The Bertz CT molecular complexity index is 1840. The number of allylic oxidation sites excluding steroid dienone is 2. The number of Topliss-reactive ketones (excluding diaryl/α,β-unsaturated/α-hetero) is 2. The van der Waals surface area contributed by atoms with Gasteiger partial charge in [0, 0.05) is 23.7 Å². The van der Waals surface area contributed by atoms with Gasteiger partial charge < -0.3 is 5.11 Å². The van der Waals surface area contributed by atoms with Crippen molar-refractivity contribution in [2.45, 2.75) is 217 Å². The van der Waals surface area contributed by atoms with Gasteiger partial charge >= 0.3 is 0 Å². The van der Waals surface area contributed by atoms with Gasteiger partial charge in [0.2, 0.25) is 0 Å². The summed E-state index contributed by atoms with van der Waals surface area (Å²) >= 11 is 0. The van der Waals surface area contributed by atoms with Gasteiger partial charge in [-0.3, -0.25) is 9.59 Å². The lowest BCUT2D eigenvalue weighted by atomic mass is 9.33. The first-order valence-corrected chi connectivity index (χ1v) is 26.4. The molecule has 18 atom stereocenters. The number of carbonyl (C=O) groups is 2. The fourth-order valence-electron chi connectivity index (χ4n) is 21.9. The van der Waals surface area contributed by atoms with Gasteiger partial charge in [-0.05, 0) is 227 Å². The number of hydrogen-bond donors (Lipinski definition) is 1. The van der Waals surface area contributed by atoms with Crippen molar-refractivity contribution >= 4 is 11.6 Å². The third-order valence-corrected chi connectivity index (χ3v) is 25.4. The van der Waals surface area contributed by atoms with Gasteiger partial charge in [-0.2, -0.15) is 0 Å². The number of rotatable bonds is 2. The minimum absolute atomic E-state index is 0.125. The van der Waals surface area contributed by atoms with E-state index in [0.29, 0.717) is 68.7 Å². The van der Waals surface area contributed by atoms with Crippen LogP contribution in [0.15, 0.2) is 24.3 Å². The predicted molar refractivity (Wildman–Crippen MR) is 252 cm³/mol. The average Bonchev–Trinajstić information content (AvgIpc) is 3.78. The van der Waals surface area contributed by atoms with Gasteiger partial charge in [0.05, 0.1) is 5.60 Å². The minimum atomic E-state index is -0.461. The molecule has 0 aromatic carbocycles. The van der Waals surface area contributed by atoms with Crippen LogP contribution >= 0.6 is 0 Å². The zero-order valence-corrected chi connectivity index (χ0v) is 41.7. The van der Waals surface area contributed by atoms with Crippen LogP contribution in [-0.4, -0.2) is 22.3 Å². The highest BCUT2D eigenvalue weighted by molar-refractivity contribution is 5.86. The number of aliphatic hydroxyl groups is 1. The maximum Gasteiger partial charge on any atom is 0.138 e. The summed E-state index contributed by atoms with van der Waals surface area (Å²) in [6.45, 7) is 38.2. The lowest BCUT2D eigenvalue weighted by Crippen LogP contribution is -2.67. The van der Waals surface area contributed by atoms with Crippen molar-refractivity contribution in [3.8, 4) is 0 Å². The van der Waals surface area contributed by atoms with E-state index in [2.05, 4.69) is 96.2 Å². The largest absolute Gasteiger partial charge is 0.390 e. The van der Waals surface area contributed by atoms with E-state index < -0.39 is 5.60 Å². The molecule has 10 fully saturated rings. The summed E-state index contributed by atoms with van der Waals surface area (Å²) in [5.41, 5.74) is 4.11. The molecule has 10 aliphatic carbocycles. The SMILES string of the molecule is C=C(C)[C@@H]1CC[C@@H]2CC[C@]3(C)C(CCC4[C@@]5(C)CCC(=O)C(C)(C)C5CC[C@]43C)C21.C=C(C)[C@@H]1CC[C@]2(O)CC[C@]3(C)C(CCC4[C@@]5(C)CCC(=O)C(C)(C)C5CC[C@]43C)C12. The molecule has 10 aliphatic rings. The van der Waals surface area contributed by atoms with Crippen molar-refractivity contribution in [1.29, 1.82) is 0 Å². The Labute approximate surface area is 374 Å². The van der Waals surface area contributed by atoms with Crippen LogP contribution in [0.3, 0.4) is 0 Å². The number of carbonyl (C=O) groups excluding carboxylic acids is 2. The van der Waals surface area contributed by atoms with Crippen LogP contribution in [0.1, 0.15) is 212 Å². The molecular formula is C58H92O3. The van der Waals surface area contributed by atoms with E-state index in [1.165, 1.54) is 94.6 Å². The molecule has 10 saturated carbocycles. The molecule has 0 aliphatic heterocycles. The van der Waals surface area contributed by atoms with Crippen molar-refractivity contribution in [3.05, 3.63) is 24.3 Å². The number of ketones is 2. The third kappa shape index (κ3) is 5.80. The Morgan fingerprint density at radius 1 is 0.475 bits per heavy atom. The summed E-state index contributed by atoms with van der Waals surface area (Å²) in [6, 6.07) is 0. The van der Waals surface area contributed by atoms with Crippen LogP contribution in [0.25, 0.3) is 0 Å². The van der Waals surface area contributed by atoms with E-state index in [1.54, 1.807) is 0 Å². The zero-order valence-electron chi connectivity index (χ0n) is 41.7. The first-order valence-electron chi connectivity index (χ1n) is 26.4. The second-order valence-corrected chi connectivity index (χ2v) is 27.7. The molecule has 0 amide bonds. The van der Waals surface area contributed by atoms with E-state index >= 15 is 0 Å². The first-order chi connectivity index (χ1) is 28.3. The summed E-state index contributed by atoms with van der Waals surface area (Å²) in [5.74, 6) is 8.64. The predicted octanol–water partition coefficient (Wildman–Crippen LogP) is 14.8. The molecular weight excluding hydrogens is 745 g/mol. The van der Waals surface area contributed by atoms with E-state index in [-0.39, 0.29) is 21.7 Å². The Hall–Kier alpha value is -1.22. The second-order valence-electron chi connectivity index (χ2n) is 27.7. The standard InChI is InChI=1S/C29H46O2.C29H46O/c1-18(2)19-10-15-29(31)17-16-27(6)20(24(19)29)8-9-22-26(5)13-12-23(30)25(3,4)21(26)11-14-28(22,27)7;1-18(2)20-9-8-19-12-16-28(6)21(25(19)20)10-11-23-27(5)15-14-24(30)26(3,4)22(27)13-17-29(23,28)7/h19-22,24,31H,1,8-17H2,2-7H3;19-23,25H,1,8-17H2,2-7H3/t19-,20?,21?,22?,24?,26-,27+,28+,29-;19-,20+,21?,22?,23?,25?,27+,28-,29-/m01/s1. The highest BCUT2D eigenvalue weighted by Gasteiger charge is 2.72. The van der Waals surface area contributed by atoms with Crippen LogP contribution in [0.5, 0.6) is 0 Å². The Morgan fingerprint density at radius 2 is 0.951 bits per heavy atom. The topological polar surface area (TPSA) is 54.4 Å². The lowest BCUT2D eigenvalue weighted by Gasteiger charge is -2.72. The summed E-state index contributed by atoms with van der Waals surface area (Å²) < 4.78 is 0. The monoisotopic (exact) mass is 837 g/mol. The van der Waals surface area contributed by atoms with Gasteiger partial charge in [-0.1, -0.05) is 93.5 Å². The maximum absolute atomic E-state index is 12.9. The summed E-state index contributed by atoms with van der Waals surface area (Å²) in [7, 11) is 0. The molecule has 1 N–H and O–H groups in total. The molecule has 0 aromatic heterocycles. The van der Waals surface area contributed by atoms with Crippen molar-refractivity contribution in [3.63, 3.8) is 0 Å². The second kappa shape index (κ2) is 14.1. The molecule has 61 heavy (non-hydrogen) atoms. The smallest absolute Gasteiger partial charge is 0.138 e. The molecule has 342 valence electrons. The van der Waals surface area contributed by atoms with Gasteiger partial charge in [-0.15, -0.1) is 0 Å². The quantitative estimate of drug-likeness (QED) is 0.282. The molecule has 3 nitrogen and oxygen atoms in total. The fourth-order valence-corrected chi connectivity index (χ4v) is 21.9. The van der Waals surface area contributed by atoms with Crippen LogP contribution < -0.4 is 0 Å². The first kappa shape index (κ1) is 45.0. The maximum atomic E-state index is 12.9. The summed E-state index contributed by atoms with van der Waals surface area (Å²) in [6.07, 6.45) is 24.2. The summed E-state index contributed by atoms with van der Waals surface area (Å²) in [5, 5.41) is 11.7. The van der Waals surface area contributed by atoms with Gasteiger partial charge in [0.1, 0.15) is 11.6 Å². The van der Waals surface area contributed by atoms with E-state index in [9.17, 15) is 14.7 Å². The fraction of sp³-hybridized carbons (Fsp3) is 0.897. The molecule has 0 saturated heterocycles. The summed E-state index contributed by atoms with van der Waals surface area (Å²) in [4.78, 5) is 25.7. The molecule has 0 heterocycles. The van der Waals surface area contributed by atoms with Crippen LogP contribution in [0.4, 0.5) is 0 Å². The molecule has 0 radical (unpaired) electrons. The molecule has 0 aromatic rings. The Morgan fingerprint density at radius 3 is 1.46 bits per heavy atom. The van der Waals surface area contributed by atoms with Gasteiger partial charge in [-0.25, -0.2) is 0 Å². The Kier molecular flexibility index (Phi) is 10.4. The van der Waals surface area contributed by atoms with Gasteiger partial charge in [0.15, 0.2) is 0 Å². The van der Waals surface area contributed by atoms with Crippen molar-refractivity contribution < 1.29 is 14.7 Å². The lowest BCUT2D eigenvalue weighted by molar-refractivity contribution is -0.242. The Balaban J connectivity index is 0.000000156. The van der Waals surface area contributed by atoms with Crippen molar-refractivity contribution in [1.82, 2.24) is 0 Å². The number of fused-ring (bicyclic) bond motifs is 14. The van der Waals surface area contributed by atoms with Crippen LogP contribution in [-0.2, 0) is 9.59 Å². The van der Waals surface area contributed by atoms with E-state index in [0.717, 1.165) is 74.5 Å². The molecule has 8 unspecified atom stereocenters. The zero-order chi connectivity index (χ0) is 44.3. The third-order valence-electron chi connectivity index (χ3n) is 25.4. The van der Waals surface area contributed by atoms with Crippen molar-refractivity contribution in [2.24, 2.45) is 108 Å². The van der Waals surface area contributed by atoms with Gasteiger partial charge in [0.25, 0.3) is 0 Å². The highest BCUT2D eigenvalue weighted by atomic mass is 16.3. The number of hydrogen-bond acceptors (Lipinski definition) is 3. The van der Waals surface area contributed by atoms with Crippen LogP contribution in [0, 0.1) is 108 Å². The van der Waals surface area contributed by atoms with Crippen LogP contribution in [0.2, 0.25) is 0 Å². The molecule has 10 rings (SSSR count). The normalized spacial score (nSPS) is 55.1. The van der Waals surface area contributed by atoms with E-state index in [1.807, 2.05) is 0 Å². The highest BCUT2D eigenvalue weighted by Crippen LogP contribution is 2.78. The van der Waals surface area contributed by atoms with E-state index in [4.69, 9.17) is 0 Å².